The van der Waals surface area contributed by atoms with E-state index in [1.807, 2.05) is 24.3 Å². The van der Waals surface area contributed by atoms with E-state index in [2.05, 4.69) is 5.32 Å². The molecule has 0 radical (unpaired) electrons. The standard InChI is InChI=1S/C21H24ClNO6/c1-13(20(24)23-10-9-14-5-7-16(26-2)8-6-14)29-21(25)15-11-17(22)19(28-4)18(12-15)27-3/h5-8,11-13H,9-10H2,1-4H3,(H,23,24)/t13-/m1/s1. The molecule has 0 fully saturated rings. The first kappa shape index (κ1) is 22.4. The molecule has 0 unspecified atom stereocenters. The van der Waals surface area contributed by atoms with Crippen molar-refractivity contribution in [1.82, 2.24) is 5.32 Å². The van der Waals surface area contributed by atoms with Crippen molar-refractivity contribution in [3.63, 3.8) is 0 Å². The SMILES string of the molecule is COc1ccc(CCNC(=O)[C@@H](C)OC(=O)c2cc(Cl)c(OC)c(OC)c2)cc1. The van der Waals surface area contributed by atoms with Crippen LogP contribution in [0.25, 0.3) is 0 Å². The molecule has 29 heavy (non-hydrogen) atoms. The number of rotatable bonds is 9. The summed E-state index contributed by atoms with van der Waals surface area (Å²) in [5.41, 5.74) is 1.21. The molecular weight excluding hydrogens is 398 g/mol. The number of amides is 1. The molecule has 1 atom stereocenters. The topological polar surface area (TPSA) is 83.1 Å². The highest BCUT2D eigenvalue weighted by atomic mass is 35.5. The second-order valence-corrected chi connectivity index (χ2v) is 6.54. The van der Waals surface area contributed by atoms with E-state index >= 15 is 0 Å². The van der Waals surface area contributed by atoms with Gasteiger partial charge in [-0.15, -0.1) is 0 Å². The van der Waals surface area contributed by atoms with Crippen molar-refractivity contribution in [2.24, 2.45) is 0 Å². The van der Waals surface area contributed by atoms with Crippen molar-refractivity contribution >= 4 is 23.5 Å². The quantitative estimate of drug-likeness (QED) is 0.626. The maximum absolute atomic E-state index is 12.4. The van der Waals surface area contributed by atoms with Crippen LogP contribution in [-0.2, 0) is 16.0 Å². The minimum absolute atomic E-state index is 0.158. The Hall–Kier alpha value is -2.93. The van der Waals surface area contributed by atoms with Crippen LogP contribution in [0.15, 0.2) is 36.4 Å². The van der Waals surface area contributed by atoms with Gasteiger partial charge in [-0.05, 0) is 43.2 Å². The van der Waals surface area contributed by atoms with Gasteiger partial charge in [-0.3, -0.25) is 4.79 Å². The van der Waals surface area contributed by atoms with Crippen LogP contribution in [0, 0.1) is 0 Å². The molecule has 1 N–H and O–H groups in total. The lowest BCUT2D eigenvalue weighted by atomic mass is 10.1. The molecule has 2 aromatic carbocycles. The molecule has 0 spiro atoms. The normalized spacial score (nSPS) is 11.3. The Kier molecular flexibility index (Phi) is 8.15. The van der Waals surface area contributed by atoms with Gasteiger partial charge in [0, 0.05) is 6.54 Å². The van der Waals surface area contributed by atoms with Crippen molar-refractivity contribution in [2.75, 3.05) is 27.9 Å². The highest BCUT2D eigenvalue weighted by molar-refractivity contribution is 6.32. The first-order valence-corrected chi connectivity index (χ1v) is 9.30. The largest absolute Gasteiger partial charge is 0.497 e. The van der Waals surface area contributed by atoms with Gasteiger partial charge in [-0.2, -0.15) is 0 Å². The number of ether oxygens (including phenoxy) is 4. The number of halogens is 1. The minimum Gasteiger partial charge on any atom is -0.497 e. The summed E-state index contributed by atoms with van der Waals surface area (Å²) in [6.07, 6.45) is -0.327. The summed E-state index contributed by atoms with van der Waals surface area (Å²) in [6, 6.07) is 10.4. The monoisotopic (exact) mass is 421 g/mol. The van der Waals surface area contributed by atoms with Crippen LogP contribution in [0.1, 0.15) is 22.8 Å². The second-order valence-electron chi connectivity index (χ2n) is 6.13. The number of carbonyl (C=O) groups excluding carboxylic acids is 2. The third-order valence-corrected chi connectivity index (χ3v) is 4.48. The first-order chi connectivity index (χ1) is 13.9. The Bertz CT molecular complexity index is 853. The summed E-state index contributed by atoms with van der Waals surface area (Å²) in [6.45, 7) is 1.91. The van der Waals surface area contributed by atoms with Crippen LogP contribution in [0.3, 0.4) is 0 Å². The highest BCUT2D eigenvalue weighted by Gasteiger charge is 2.21. The molecule has 0 saturated heterocycles. The highest BCUT2D eigenvalue weighted by Crippen LogP contribution is 2.36. The van der Waals surface area contributed by atoms with Crippen LogP contribution in [0.5, 0.6) is 17.2 Å². The predicted molar refractivity (Wildman–Crippen MR) is 109 cm³/mol. The summed E-state index contributed by atoms with van der Waals surface area (Å²) in [7, 11) is 4.48. The van der Waals surface area contributed by atoms with Gasteiger partial charge in [-0.1, -0.05) is 23.7 Å². The number of esters is 1. The zero-order chi connectivity index (χ0) is 21.4. The molecule has 0 bridgehead atoms. The van der Waals surface area contributed by atoms with E-state index < -0.39 is 18.0 Å². The van der Waals surface area contributed by atoms with Gasteiger partial charge in [0.05, 0.1) is 31.9 Å². The Labute approximate surface area is 174 Å². The molecule has 2 rings (SSSR count). The maximum atomic E-state index is 12.4. The molecule has 1 amide bonds. The van der Waals surface area contributed by atoms with E-state index in [-0.39, 0.29) is 10.6 Å². The summed E-state index contributed by atoms with van der Waals surface area (Å²) in [4.78, 5) is 24.6. The van der Waals surface area contributed by atoms with Gasteiger partial charge >= 0.3 is 5.97 Å². The zero-order valence-corrected chi connectivity index (χ0v) is 17.5. The average Bonchev–Trinajstić information content (AvgIpc) is 2.73. The molecule has 7 nitrogen and oxygen atoms in total. The van der Waals surface area contributed by atoms with Crippen LogP contribution in [0.4, 0.5) is 0 Å². The number of nitrogens with one attached hydrogen (secondary N) is 1. The van der Waals surface area contributed by atoms with Crippen LogP contribution >= 0.6 is 11.6 Å². The Balaban J connectivity index is 1.89. The molecule has 0 aromatic heterocycles. The van der Waals surface area contributed by atoms with Gasteiger partial charge in [0.1, 0.15) is 5.75 Å². The van der Waals surface area contributed by atoms with Crippen LogP contribution in [0.2, 0.25) is 5.02 Å². The molecule has 0 saturated carbocycles. The van der Waals surface area contributed by atoms with E-state index in [0.29, 0.717) is 24.5 Å². The molecule has 156 valence electrons. The molecule has 0 aliphatic carbocycles. The van der Waals surface area contributed by atoms with Crippen molar-refractivity contribution < 1.29 is 28.5 Å². The van der Waals surface area contributed by atoms with Crippen molar-refractivity contribution in [1.29, 1.82) is 0 Å². The lowest BCUT2D eigenvalue weighted by Gasteiger charge is -2.15. The minimum atomic E-state index is -0.967. The number of benzene rings is 2. The van der Waals surface area contributed by atoms with Gasteiger partial charge in [0.15, 0.2) is 17.6 Å². The Morgan fingerprint density at radius 3 is 2.31 bits per heavy atom. The Morgan fingerprint density at radius 1 is 1.03 bits per heavy atom. The van der Waals surface area contributed by atoms with E-state index in [0.717, 1.165) is 11.3 Å². The number of hydrogen-bond acceptors (Lipinski definition) is 6. The van der Waals surface area contributed by atoms with Crippen molar-refractivity contribution in [3.8, 4) is 17.2 Å². The summed E-state index contributed by atoms with van der Waals surface area (Å²) >= 11 is 6.10. The van der Waals surface area contributed by atoms with E-state index in [1.165, 1.54) is 33.3 Å². The lowest BCUT2D eigenvalue weighted by molar-refractivity contribution is -0.129. The lowest BCUT2D eigenvalue weighted by Crippen LogP contribution is -2.36. The van der Waals surface area contributed by atoms with Crippen molar-refractivity contribution in [3.05, 3.63) is 52.5 Å². The molecule has 8 heteroatoms. The van der Waals surface area contributed by atoms with Gasteiger partial charge in [-0.25, -0.2) is 4.79 Å². The number of methoxy groups -OCH3 is 3. The third-order valence-electron chi connectivity index (χ3n) is 4.19. The second kappa shape index (κ2) is 10.6. The van der Waals surface area contributed by atoms with Gasteiger partial charge in [0.2, 0.25) is 0 Å². The fourth-order valence-corrected chi connectivity index (χ4v) is 2.87. The fraction of sp³-hybridized carbons (Fsp3) is 0.333. The Morgan fingerprint density at radius 2 is 1.72 bits per heavy atom. The molecule has 0 aliphatic heterocycles. The summed E-state index contributed by atoms with van der Waals surface area (Å²) < 4.78 is 20.6. The third kappa shape index (κ3) is 6.02. The van der Waals surface area contributed by atoms with Crippen molar-refractivity contribution in [2.45, 2.75) is 19.4 Å². The van der Waals surface area contributed by atoms with E-state index in [1.54, 1.807) is 7.11 Å². The predicted octanol–water partition coefficient (Wildman–Crippen LogP) is 3.27. The summed E-state index contributed by atoms with van der Waals surface area (Å²) in [5, 5.41) is 2.95. The average molecular weight is 422 g/mol. The van der Waals surface area contributed by atoms with E-state index in [4.69, 9.17) is 30.5 Å². The van der Waals surface area contributed by atoms with Crippen LogP contribution in [-0.4, -0.2) is 45.9 Å². The van der Waals surface area contributed by atoms with E-state index in [9.17, 15) is 9.59 Å². The molecule has 0 aliphatic rings. The first-order valence-electron chi connectivity index (χ1n) is 8.92. The fourth-order valence-electron chi connectivity index (χ4n) is 2.58. The number of hydrogen-bond donors (Lipinski definition) is 1. The zero-order valence-electron chi connectivity index (χ0n) is 16.8. The molecule has 0 heterocycles. The van der Waals surface area contributed by atoms with Gasteiger partial charge in [0.25, 0.3) is 5.91 Å². The number of carbonyl (C=O) groups is 2. The maximum Gasteiger partial charge on any atom is 0.339 e. The summed E-state index contributed by atoms with van der Waals surface area (Å²) in [5.74, 6) is 0.302. The van der Waals surface area contributed by atoms with Crippen LogP contribution < -0.4 is 19.5 Å². The smallest absolute Gasteiger partial charge is 0.339 e. The molecule has 2 aromatic rings. The van der Waals surface area contributed by atoms with Gasteiger partial charge < -0.3 is 24.3 Å². The molecular formula is C21H24ClNO6.